The number of carbonyl (C=O) groups excluding carboxylic acids is 2. The van der Waals surface area contributed by atoms with E-state index in [1.807, 2.05) is 54.1 Å². The van der Waals surface area contributed by atoms with Crippen LogP contribution in [-0.4, -0.2) is 52.8 Å². The van der Waals surface area contributed by atoms with Gasteiger partial charge in [0, 0.05) is 63.3 Å². The number of fused-ring (bicyclic) bond motifs is 1. The van der Waals surface area contributed by atoms with Crippen LogP contribution in [0.15, 0.2) is 42.7 Å². The minimum atomic E-state index is 0.0436. The normalized spacial score (nSPS) is 15.8. The van der Waals surface area contributed by atoms with Crippen LogP contribution in [0, 0.1) is 0 Å². The van der Waals surface area contributed by atoms with Gasteiger partial charge in [0.2, 0.25) is 5.91 Å². The third kappa shape index (κ3) is 6.87. The summed E-state index contributed by atoms with van der Waals surface area (Å²) in [6.07, 6.45) is 9.36. The Hall–Kier alpha value is -2.73. The van der Waals surface area contributed by atoms with E-state index >= 15 is 0 Å². The fourth-order valence-corrected chi connectivity index (χ4v) is 4.59. The minimum Gasteiger partial charge on any atom is -0.339 e. The van der Waals surface area contributed by atoms with Gasteiger partial charge < -0.3 is 9.80 Å². The summed E-state index contributed by atoms with van der Waals surface area (Å²) in [5.74, 6) is 0.0945. The number of pyridine rings is 1. The lowest BCUT2D eigenvalue weighted by molar-refractivity contribution is -0.116. The van der Waals surface area contributed by atoms with E-state index in [0.717, 1.165) is 43.6 Å². The third-order valence-corrected chi connectivity index (χ3v) is 6.43. The Labute approximate surface area is 198 Å². The van der Waals surface area contributed by atoms with E-state index in [-0.39, 0.29) is 11.8 Å². The predicted molar refractivity (Wildman–Crippen MR) is 133 cm³/mol. The first kappa shape index (κ1) is 24.9. The Morgan fingerprint density at radius 3 is 2.39 bits per heavy atom. The summed E-state index contributed by atoms with van der Waals surface area (Å²) in [5.41, 5.74) is 3.82. The molecule has 0 atom stereocenters. The number of rotatable bonds is 5. The molecule has 2 heterocycles. The Balaban J connectivity index is 2.00. The molecule has 0 saturated heterocycles. The van der Waals surface area contributed by atoms with Gasteiger partial charge in [-0.05, 0) is 68.6 Å². The molecule has 0 bridgehead atoms. The molecule has 1 aliphatic heterocycles. The number of carbonyl (C=O) groups is 2. The molecule has 0 unspecified atom stereocenters. The lowest BCUT2D eigenvalue weighted by Gasteiger charge is -2.29. The molecule has 1 aromatic carbocycles. The van der Waals surface area contributed by atoms with Crippen molar-refractivity contribution in [3.8, 4) is 0 Å². The van der Waals surface area contributed by atoms with Crippen LogP contribution in [0.4, 0.5) is 5.69 Å². The van der Waals surface area contributed by atoms with Gasteiger partial charge in [-0.2, -0.15) is 0 Å². The highest BCUT2D eigenvalue weighted by Crippen LogP contribution is 2.27. The van der Waals surface area contributed by atoms with Crippen LogP contribution in [0.2, 0.25) is 0 Å². The van der Waals surface area contributed by atoms with Crippen LogP contribution in [-0.2, 0) is 17.9 Å². The highest BCUT2D eigenvalue weighted by Gasteiger charge is 2.21. The minimum absolute atomic E-state index is 0.0436. The zero-order chi connectivity index (χ0) is 23.6. The Kier molecular flexibility index (Phi) is 9.43. The van der Waals surface area contributed by atoms with Crippen molar-refractivity contribution in [1.29, 1.82) is 0 Å². The fraction of sp³-hybridized carbons (Fsp3) is 0.519. The first-order valence-electron chi connectivity index (χ1n) is 12.3. The van der Waals surface area contributed by atoms with Crippen molar-refractivity contribution in [2.75, 3.05) is 31.1 Å². The summed E-state index contributed by atoms with van der Waals surface area (Å²) in [6, 6.07) is 9.94. The zero-order valence-corrected chi connectivity index (χ0v) is 20.4. The summed E-state index contributed by atoms with van der Waals surface area (Å²) in [5, 5.41) is 0. The molecule has 1 aliphatic rings. The van der Waals surface area contributed by atoms with Crippen LogP contribution >= 0.6 is 0 Å². The maximum atomic E-state index is 13.1. The van der Waals surface area contributed by atoms with E-state index in [4.69, 9.17) is 0 Å². The summed E-state index contributed by atoms with van der Waals surface area (Å²) >= 11 is 0. The SMILES string of the molecule is CCN(CC)C(=O)c1ccc2c(c1)CN(Cc1cccnc1)CCCCCCCN2C(C)=O. The zero-order valence-electron chi connectivity index (χ0n) is 20.4. The molecule has 33 heavy (non-hydrogen) atoms. The molecule has 0 N–H and O–H groups in total. The molecule has 178 valence electrons. The monoisotopic (exact) mass is 450 g/mol. The smallest absolute Gasteiger partial charge is 0.253 e. The lowest BCUT2D eigenvalue weighted by Crippen LogP contribution is -2.33. The Morgan fingerprint density at radius 1 is 1.00 bits per heavy atom. The summed E-state index contributed by atoms with van der Waals surface area (Å²) in [7, 11) is 0. The van der Waals surface area contributed by atoms with Gasteiger partial charge in [-0.15, -0.1) is 0 Å². The van der Waals surface area contributed by atoms with Crippen molar-refractivity contribution in [1.82, 2.24) is 14.8 Å². The number of nitrogens with zero attached hydrogens (tertiary/aromatic N) is 4. The van der Waals surface area contributed by atoms with Crippen LogP contribution in [0.1, 0.15) is 74.4 Å². The van der Waals surface area contributed by atoms with Crippen molar-refractivity contribution in [2.24, 2.45) is 0 Å². The second kappa shape index (κ2) is 12.5. The predicted octanol–water partition coefficient (Wildman–Crippen LogP) is 4.88. The third-order valence-electron chi connectivity index (χ3n) is 6.43. The number of hydrogen-bond acceptors (Lipinski definition) is 4. The largest absolute Gasteiger partial charge is 0.339 e. The number of anilines is 1. The molecule has 2 aromatic rings. The van der Waals surface area contributed by atoms with Gasteiger partial charge in [-0.25, -0.2) is 0 Å². The fourth-order valence-electron chi connectivity index (χ4n) is 4.59. The maximum absolute atomic E-state index is 13.1. The summed E-state index contributed by atoms with van der Waals surface area (Å²) in [6.45, 7) is 10.2. The molecule has 0 aliphatic carbocycles. The molecular formula is C27H38N4O2. The van der Waals surface area contributed by atoms with Gasteiger partial charge in [0.25, 0.3) is 5.91 Å². The molecule has 0 saturated carbocycles. The first-order chi connectivity index (χ1) is 16.0. The van der Waals surface area contributed by atoms with Crippen molar-refractivity contribution in [2.45, 2.75) is 66.0 Å². The van der Waals surface area contributed by atoms with Crippen molar-refractivity contribution < 1.29 is 9.59 Å². The van der Waals surface area contributed by atoms with E-state index in [0.29, 0.717) is 31.7 Å². The Morgan fingerprint density at radius 2 is 1.73 bits per heavy atom. The average Bonchev–Trinajstić information content (AvgIpc) is 2.81. The molecule has 1 aromatic heterocycles. The second-order valence-electron chi connectivity index (χ2n) is 8.83. The number of hydrogen-bond donors (Lipinski definition) is 0. The van der Waals surface area contributed by atoms with Crippen LogP contribution < -0.4 is 4.90 Å². The average molecular weight is 451 g/mol. The van der Waals surface area contributed by atoms with Crippen molar-refractivity contribution >= 4 is 17.5 Å². The van der Waals surface area contributed by atoms with E-state index in [2.05, 4.69) is 16.0 Å². The first-order valence-corrected chi connectivity index (χ1v) is 12.3. The van der Waals surface area contributed by atoms with Gasteiger partial charge in [-0.3, -0.25) is 19.5 Å². The molecular weight excluding hydrogens is 412 g/mol. The van der Waals surface area contributed by atoms with Gasteiger partial charge in [0.1, 0.15) is 0 Å². The van der Waals surface area contributed by atoms with E-state index in [1.54, 1.807) is 13.1 Å². The molecule has 0 radical (unpaired) electrons. The van der Waals surface area contributed by atoms with Crippen molar-refractivity contribution in [3.05, 3.63) is 59.4 Å². The lowest BCUT2D eigenvalue weighted by atomic mass is 10.0. The molecule has 6 nitrogen and oxygen atoms in total. The summed E-state index contributed by atoms with van der Waals surface area (Å²) < 4.78 is 0. The van der Waals surface area contributed by atoms with Crippen LogP contribution in [0.25, 0.3) is 0 Å². The van der Waals surface area contributed by atoms with Gasteiger partial charge in [0.15, 0.2) is 0 Å². The van der Waals surface area contributed by atoms with E-state index in [1.165, 1.54) is 18.4 Å². The molecule has 0 fully saturated rings. The maximum Gasteiger partial charge on any atom is 0.253 e. The molecule has 6 heteroatoms. The second-order valence-corrected chi connectivity index (χ2v) is 8.83. The van der Waals surface area contributed by atoms with Gasteiger partial charge >= 0.3 is 0 Å². The Bertz CT molecular complexity index is 912. The van der Waals surface area contributed by atoms with Crippen LogP contribution in [0.5, 0.6) is 0 Å². The standard InChI is InChI=1S/C27H38N4O2/c1-4-30(5-2)27(33)24-13-14-26-25(18-24)21-29(20-23-12-11-15-28-19-23)16-9-7-6-8-10-17-31(26)22(3)32/h11-15,18-19H,4-10,16-17,20-21H2,1-3H3. The quantitative estimate of drug-likeness (QED) is 0.651. The number of benzene rings is 1. The summed E-state index contributed by atoms with van der Waals surface area (Å²) in [4.78, 5) is 36.1. The topological polar surface area (TPSA) is 56.8 Å². The van der Waals surface area contributed by atoms with Gasteiger partial charge in [-0.1, -0.05) is 25.3 Å². The molecule has 0 spiro atoms. The number of amides is 2. The highest BCUT2D eigenvalue weighted by atomic mass is 16.2. The van der Waals surface area contributed by atoms with Crippen molar-refractivity contribution in [3.63, 3.8) is 0 Å². The molecule has 3 rings (SSSR count). The van der Waals surface area contributed by atoms with E-state index in [9.17, 15) is 9.59 Å². The van der Waals surface area contributed by atoms with Crippen LogP contribution in [0.3, 0.4) is 0 Å². The highest BCUT2D eigenvalue weighted by molar-refractivity contribution is 5.97. The van der Waals surface area contributed by atoms with Gasteiger partial charge in [0.05, 0.1) is 0 Å². The number of aromatic nitrogens is 1. The molecule has 2 amide bonds. The van der Waals surface area contributed by atoms with E-state index < -0.39 is 0 Å².